The van der Waals surface area contributed by atoms with Gasteiger partial charge in [-0.25, -0.2) is 8.78 Å². The van der Waals surface area contributed by atoms with Gasteiger partial charge in [-0.05, 0) is 6.07 Å². The highest BCUT2D eigenvalue weighted by atomic mass is 19.1. The molecule has 1 aromatic rings. The number of alkyl halides is 1. The number of rotatable bonds is 2. The van der Waals surface area contributed by atoms with E-state index < -0.39 is 18.3 Å². The van der Waals surface area contributed by atoms with Gasteiger partial charge in [0, 0.05) is 18.7 Å². The second-order valence-corrected chi connectivity index (χ2v) is 2.32. The fourth-order valence-electron chi connectivity index (χ4n) is 0.832. The van der Waals surface area contributed by atoms with Crippen LogP contribution in [0.15, 0.2) is 12.3 Å². The molecule has 4 heteroatoms. The summed E-state index contributed by atoms with van der Waals surface area (Å²) in [6.07, 6.45) is 1.22. The largest absolute Gasteiger partial charge is 0.293 e. The van der Waals surface area contributed by atoms with Crippen molar-refractivity contribution in [1.82, 2.24) is 4.98 Å². The Morgan fingerprint density at radius 2 is 2.33 bits per heavy atom. The van der Waals surface area contributed by atoms with Gasteiger partial charge < -0.3 is 0 Å². The summed E-state index contributed by atoms with van der Waals surface area (Å²) in [5, 5.41) is 0. The van der Waals surface area contributed by atoms with Crippen LogP contribution in [0.1, 0.15) is 23.0 Å². The molecule has 0 aromatic carbocycles. The van der Waals surface area contributed by atoms with E-state index in [0.29, 0.717) is 0 Å². The molecule has 1 heterocycles. The molecule has 0 spiro atoms. The van der Waals surface area contributed by atoms with E-state index in [1.165, 1.54) is 19.2 Å². The number of halogens is 2. The third-order valence-electron chi connectivity index (χ3n) is 1.45. The third kappa shape index (κ3) is 1.47. The predicted octanol–water partition coefficient (Wildman–Crippen LogP) is 1.89. The molecule has 0 radical (unpaired) electrons. The van der Waals surface area contributed by atoms with Gasteiger partial charge in [0.2, 0.25) is 0 Å². The van der Waals surface area contributed by atoms with Crippen LogP contribution in [0.3, 0.4) is 0 Å². The standard InChI is InChI=1S/C8H7F2NO/c1-5(12)8-7(10)6(4-9)2-3-11-8/h2-3H,4H2,1H3. The minimum absolute atomic E-state index is 0.129. The first-order chi connectivity index (χ1) is 5.66. The molecule has 0 aliphatic carbocycles. The van der Waals surface area contributed by atoms with Gasteiger partial charge in [0.25, 0.3) is 0 Å². The first-order valence-corrected chi connectivity index (χ1v) is 3.37. The molecule has 12 heavy (non-hydrogen) atoms. The Morgan fingerprint density at radius 1 is 1.67 bits per heavy atom. The Bertz CT molecular complexity index is 312. The zero-order valence-electron chi connectivity index (χ0n) is 6.47. The van der Waals surface area contributed by atoms with Crippen molar-refractivity contribution >= 4 is 5.78 Å². The molecular weight excluding hydrogens is 164 g/mol. The average molecular weight is 171 g/mol. The van der Waals surface area contributed by atoms with E-state index in [1.807, 2.05) is 0 Å². The lowest BCUT2D eigenvalue weighted by Gasteiger charge is -2.00. The van der Waals surface area contributed by atoms with Gasteiger partial charge in [-0.1, -0.05) is 0 Å². The van der Waals surface area contributed by atoms with Crippen molar-refractivity contribution in [3.8, 4) is 0 Å². The van der Waals surface area contributed by atoms with Crippen LogP contribution >= 0.6 is 0 Å². The lowest BCUT2D eigenvalue weighted by Crippen LogP contribution is -2.03. The smallest absolute Gasteiger partial charge is 0.181 e. The summed E-state index contributed by atoms with van der Waals surface area (Å²) >= 11 is 0. The van der Waals surface area contributed by atoms with Crippen LogP contribution in [0, 0.1) is 5.82 Å². The highest BCUT2D eigenvalue weighted by Crippen LogP contribution is 2.11. The third-order valence-corrected chi connectivity index (χ3v) is 1.45. The maximum atomic E-state index is 13.0. The molecule has 1 aromatic heterocycles. The molecule has 2 nitrogen and oxygen atoms in total. The zero-order valence-corrected chi connectivity index (χ0v) is 6.47. The Morgan fingerprint density at radius 3 is 2.83 bits per heavy atom. The van der Waals surface area contributed by atoms with Crippen molar-refractivity contribution in [2.24, 2.45) is 0 Å². The molecule has 0 fully saturated rings. The fraction of sp³-hybridized carbons (Fsp3) is 0.250. The molecule has 1 rings (SSSR count). The van der Waals surface area contributed by atoms with E-state index in [1.54, 1.807) is 0 Å². The number of hydrogen-bond acceptors (Lipinski definition) is 2. The predicted molar refractivity (Wildman–Crippen MR) is 39.0 cm³/mol. The van der Waals surface area contributed by atoms with Gasteiger partial charge >= 0.3 is 0 Å². The van der Waals surface area contributed by atoms with Crippen LogP contribution in [0.25, 0.3) is 0 Å². The fourth-order valence-corrected chi connectivity index (χ4v) is 0.832. The second kappa shape index (κ2) is 3.38. The maximum Gasteiger partial charge on any atom is 0.181 e. The van der Waals surface area contributed by atoms with E-state index in [9.17, 15) is 13.6 Å². The van der Waals surface area contributed by atoms with Crippen LogP contribution in [0.2, 0.25) is 0 Å². The van der Waals surface area contributed by atoms with E-state index in [4.69, 9.17) is 0 Å². The van der Waals surface area contributed by atoms with Crippen LogP contribution in [0.5, 0.6) is 0 Å². The molecular formula is C8H7F2NO. The molecule has 0 atom stereocenters. The van der Waals surface area contributed by atoms with E-state index in [-0.39, 0.29) is 11.3 Å². The van der Waals surface area contributed by atoms with Gasteiger partial charge in [0.1, 0.15) is 12.4 Å². The summed E-state index contributed by atoms with van der Waals surface area (Å²) in [4.78, 5) is 14.2. The molecule has 0 bridgehead atoms. The lowest BCUT2D eigenvalue weighted by molar-refractivity contribution is 0.100. The van der Waals surface area contributed by atoms with Crippen LogP contribution in [0.4, 0.5) is 8.78 Å². The van der Waals surface area contributed by atoms with Gasteiger partial charge in [-0.2, -0.15) is 0 Å². The van der Waals surface area contributed by atoms with Crippen molar-refractivity contribution < 1.29 is 13.6 Å². The van der Waals surface area contributed by atoms with Crippen molar-refractivity contribution in [3.05, 3.63) is 29.3 Å². The normalized spacial score (nSPS) is 9.92. The molecule has 0 unspecified atom stereocenters. The molecule has 0 aliphatic heterocycles. The number of Topliss-reactive ketones (excluding diaryl/α,β-unsaturated/α-hetero) is 1. The number of nitrogens with zero attached hydrogens (tertiary/aromatic N) is 1. The number of carbonyl (C=O) groups is 1. The molecule has 0 saturated heterocycles. The SMILES string of the molecule is CC(=O)c1nccc(CF)c1F. The number of pyridine rings is 1. The first kappa shape index (κ1) is 8.77. The molecule has 0 amide bonds. The highest BCUT2D eigenvalue weighted by molar-refractivity contribution is 5.92. The topological polar surface area (TPSA) is 30.0 Å². The molecule has 0 saturated carbocycles. The van der Waals surface area contributed by atoms with Gasteiger partial charge in [0.05, 0.1) is 0 Å². The van der Waals surface area contributed by atoms with Crippen molar-refractivity contribution in [1.29, 1.82) is 0 Å². The Hall–Kier alpha value is -1.32. The van der Waals surface area contributed by atoms with Crippen molar-refractivity contribution in [3.63, 3.8) is 0 Å². The number of aromatic nitrogens is 1. The van der Waals surface area contributed by atoms with E-state index in [0.717, 1.165) is 0 Å². The summed E-state index contributed by atoms with van der Waals surface area (Å²) in [7, 11) is 0. The minimum Gasteiger partial charge on any atom is -0.293 e. The first-order valence-electron chi connectivity index (χ1n) is 3.37. The summed E-state index contributed by atoms with van der Waals surface area (Å²) in [5.74, 6) is -1.35. The second-order valence-electron chi connectivity index (χ2n) is 2.32. The van der Waals surface area contributed by atoms with Crippen LogP contribution < -0.4 is 0 Å². The summed E-state index contributed by atoms with van der Waals surface area (Å²) < 4.78 is 25.1. The van der Waals surface area contributed by atoms with Crippen molar-refractivity contribution in [2.45, 2.75) is 13.6 Å². The maximum absolute atomic E-state index is 13.0. The lowest BCUT2D eigenvalue weighted by atomic mass is 10.2. The molecule has 0 N–H and O–H groups in total. The van der Waals surface area contributed by atoms with Gasteiger partial charge in [0.15, 0.2) is 11.6 Å². The van der Waals surface area contributed by atoms with Crippen molar-refractivity contribution in [2.75, 3.05) is 0 Å². The minimum atomic E-state index is -0.922. The Balaban J connectivity index is 3.23. The Labute approximate surface area is 68.2 Å². The summed E-state index contributed by atoms with van der Waals surface area (Å²) in [6.45, 7) is 0.266. The molecule has 0 aliphatic rings. The average Bonchev–Trinajstić information content (AvgIpc) is 2.04. The number of carbonyl (C=O) groups excluding carboxylic acids is 1. The van der Waals surface area contributed by atoms with Gasteiger partial charge in [-0.3, -0.25) is 9.78 Å². The summed E-state index contributed by atoms with van der Waals surface area (Å²) in [6, 6.07) is 1.21. The highest BCUT2D eigenvalue weighted by Gasteiger charge is 2.12. The summed E-state index contributed by atoms with van der Waals surface area (Å²) in [5.41, 5.74) is -0.430. The van der Waals surface area contributed by atoms with Gasteiger partial charge in [-0.15, -0.1) is 0 Å². The quantitative estimate of drug-likeness (QED) is 0.636. The number of ketones is 1. The zero-order chi connectivity index (χ0) is 9.14. The Kier molecular flexibility index (Phi) is 2.47. The van der Waals surface area contributed by atoms with Crippen LogP contribution in [-0.4, -0.2) is 10.8 Å². The van der Waals surface area contributed by atoms with Crippen LogP contribution in [-0.2, 0) is 6.67 Å². The number of hydrogen-bond donors (Lipinski definition) is 0. The van der Waals surface area contributed by atoms with E-state index >= 15 is 0 Å². The van der Waals surface area contributed by atoms with E-state index in [2.05, 4.69) is 4.98 Å². The monoisotopic (exact) mass is 171 g/mol. The molecule has 64 valence electrons.